The van der Waals surface area contributed by atoms with Gasteiger partial charge in [-0.3, -0.25) is 9.10 Å². The highest BCUT2D eigenvalue weighted by Crippen LogP contribution is 2.36. The topological polar surface area (TPSA) is 57.7 Å². The summed E-state index contributed by atoms with van der Waals surface area (Å²) in [5.74, 6) is 0.0763. The second kappa shape index (κ2) is 4.48. The molecular weight excluding hydrogens is 276 g/mol. The molecule has 1 amide bonds. The first-order chi connectivity index (χ1) is 9.45. The maximum absolute atomic E-state index is 12.2. The van der Waals surface area contributed by atoms with Crippen molar-refractivity contribution < 1.29 is 13.2 Å². The van der Waals surface area contributed by atoms with Crippen LogP contribution in [0.1, 0.15) is 25.3 Å². The van der Waals surface area contributed by atoms with Crippen molar-refractivity contribution >= 4 is 27.3 Å². The average Bonchev–Trinajstić information content (AvgIpc) is 3.21. The summed E-state index contributed by atoms with van der Waals surface area (Å²) < 4.78 is 25.8. The molecule has 0 aromatic heterocycles. The average molecular weight is 294 g/mol. The Morgan fingerprint density at radius 2 is 2.05 bits per heavy atom. The molecule has 2 aliphatic rings. The van der Waals surface area contributed by atoms with Gasteiger partial charge in [0.2, 0.25) is 15.9 Å². The number of sulfonamides is 1. The summed E-state index contributed by atoms with van der Waals surface area (Å²) in [6.07, 6.45) is 1.85. The number of likely N-dealkylation sites (N-methyl/N-ethyl adjacent to an activating group) is 1. The molecule has 108 valence electrons. The zero-order valence-corrected chi connectivity index (χ0v) is 12.5. The lowest BCUT2D eigenvalue weighted by Crippen LogP contribution is -2.29. The summed E-state index contributed by atoms with van der Waals surface area (Å²) in [6.45, 7) is 2.58. The molecule has 0 atom stereocenters. The van der Waals surface area contributed by atoms with E-state index >= 15 is 0 Å². The van der Waals surface area contributed by atoms with Crippen LogP contribution in [0.5, 0.6) is 0 Å². The van der Waals surface area contributed by atoms with Gasteiger partial charge in [0.1, 0.15) is 0 Å². The zero-order valence-electron chi connectivity index (χ0n) is 11.7. The van der Waals surface area contributed by atoms with E-state index < -0.39 is 10.0 Å². The summed E-state index contributed by atoms with van der Waals surface area (Å²) in [5, 5.41) is -0.227. The molecule has 0 radical (unpaired) electrons. The highest BCUT2D eigenvalue weighted by molar-refractivity contribution is 7.93. The van der Waals surface area contributed by atoms with E-state index in [1.807, 2.05) is 19.1 Å². The number of benzene rings is 1. The highest BCUT2D eigenvalue weighted by atomic mass is 32.2. The summed E-state index contributed by atoms with van der Waals surface area (Å²) in [5.41, 5.74) is 2.45. The standard InChI is InChI=1S/C14H18N2O3S/c1-3-16-13-7-4-11(8-10(13)9-14(16)17)15(2)20(18,19)12-5-6-12/h4,7-8,12H,3,5-6,9H2,1-2H3. The highest BCUT2D eigenvalue weighted by Gasteiger charge is 2.39. The van der Waals surface area contributed by atoms with E-state index in [0.29, 0.717) is 18.7 Å². The van der Waals surface area contributed by atoms with Crippen LogP contribution < -0.4 is 9.21 Å². The third kappa shape index (κ3) is 1.98. The van der Waals surface area contributed by atoms with Gasteiger partial charge in [0.25, 0.3) is 0 Å². The number of amides is 1. The summed E-state index contributed by atoms with van der Waals surface area (Å²) in [6, 6.07) is 5.45. The third-order valence-electron chi connectivity index (χ3n) is 4.00. The van der Waals surface area contributed by atoms with Crippen LogP contribution in [0.4, 0.5) is 11.4 Å². The quantitative estimate of drug-likeness (QED) is 0.846. The van der Waals surface area contributed by atoms with Gasteiger partial charge in [-0.1, -0.05) is 0 Å². The minimum absolute atomic E-state index is 0.0763. The van der Waals surface area contributed by atoms with Crippen LogP contribution in [-0.4, -0.2) is 33.2 Å². The second-order valence-electron chi connectivity index (χ2n) is 5.34. The van der Waals surface area contributed by atoms with Gasteiger partial charge in [-0.2, -0.15) is 0 Å². The Kier molecular flexibility index (Phi) is 3.01. The Bertz CT molecular complexity index is 665. The lowest BCUT2D eigenvalue weighted by molar-refractivity contribution is -0.117. The predicted molar refractivity (Wildman–Crippen MR) is 78.5 cm³/mol. The predicted octanol–water partition coefficient (Wildman–Crippen LogP) is 1.52. The number of hydrogen-bond donors (Lipinski definition) is 0. The van der Waals surface area contributed by atoms with Crippen molar-refractivity contribution in [3.8, 4) is 0 Å². The van der Waals surface area contributed by atoms with Crippen LogP contribution >= 0.6 is 0 Å². The fourth-order valence-corrected chi connectivity index (χ4v) is 4.23. The Balaban J connectivity index is 1.94. The molecule has 0 N–H and O–H groups in total. The van der Waals surface area contributed by atoms with Gasteiger partial charge < -0.3 is 4.90 Å². The lowest BCUT2D eigenvalue weighted by Gasteiger charge is -2.21. The summed E-state index contributed by atoms with van der Waals surface area (Å²) in [7, 11) is -1.65. The van der Waals surface area contributed by atoms with E-state index in [9.17, 15) is 13.2 Å². The molecule has 1 aliphatic heterocycles. The van der Waals surface area contributed by atoms with E-state index in [0.717, 1.165) is 24.1 Å². The van der Waals surface area contributed by atoms with Crippen molar-refractivity contribution in [2.45, 2.75) is 31.4 Å². The number of carbonyl (C=O) groups excluding carboxylic acids is 1. The number of rotatable bonds is 4. The zero-order chi connectivity index (χ0) is 14.5. The van der Waals surface area contributed by atoms with Crippen molar-refractivity contribution in [2.24, 2.45) is 0 Å². The maximum Gasteiger partial charge on any atom is 0.237 e. The molecule has 3 rings (SSSR count). The van der Waals surface area contributed by atoms with Crippen molar-refractivity contribution in [1.82, 2.24) is 0 Å². The molecule has 1 fully saturated rings. The smallest absolute Gasteiger partial charge is 0.237 e. The molecule has 0 spiro atoms. The van der Waals surface area contributed by atoms with Crippen LogP contribution in [0.15, 0.2) is 18.2 Å². The molecule has 0 unspecified atom stereocenters. The molecule has 1 heterocycles. The number of hydrogen-bond acceptors (Lipinski definition) is 3. The SMILES string of the molecule is CCN1C(=O)Cc2cc(N(C)S(=O)(=O)C3CC3)ccc21. The van der Waals surface area contributed by atoms with E-state index in [-0.39, 0.29) is 11.2 Å². The van der Waals surface area contributed by atoms with Crippen molar-refractivity contribution in [1.29, 1.82) is 0 Å². The summed E-state index contributed by atoms with van der Waals surface area (Å²) >= 11 is 0. The van der Waals surface area contributed by atoms with Crippen molar-refractivity contribution in [2.75, 3.05) is 22.8 Å². The van der Waals surface area contributed by atoms with Crippen LogP contribution in [0.3, 0.4) is 0 Å². The fraction of sp³-hybridized carbons (Fsp3) is 0.500. The monoisotopic (exact) mass is 294 g/mol. The van der Waals surface area contributed by atoms with Gasteiger partial charge in [-0.15, -0.1) is 0 Å². The van der Waals surface area contributed by atoms with Gasteiger partial charge >= 0.3 is 0 Å². The second-order valence-corrected chi connectivity index (χ2v) is 7.58. The minimum Gasteiger partial charge on any atom is -0.312 e. The van der Waals surface area contributed by atoms with Gasteiger partial charge in [0.05, 0.1) is 17.4 Å². The van der Waals surface area contributed by atoms with E-state index in [2.05, 4.69) is 0 Å². The normalized spacial score (nSPS) is 18.3. The largest absolute Gasteiger partial charge is 0.312 e. The van der Waals surface area contributed by atoms with Gasteiger partial charge in [-0.05, 0) is 43.5 Å². The number of carbonyl (C=O) groups is 1. The first-order valence-corrected chi connectivity index (χ1v) is 8.36. The molecule has 1 aromatic rings. The Morgan fingerprint density at radius 3 is 2.65 bits per heavy atom. The van der Waals surface area contributed by atoms with Gasteiger partial charge in [0.15, 0.2) is 0 Å². The molecule has 1 aliphatic carbocycles. The molecule has 0 saturated heterocycles. The number of fused-ring (bicyclic) bond motifs is 1. The minimum atomic E-state index is -3.23. The van der Waals surface area contributed by atoms with Gasteiger partial charge in [0, 0.05) is 19.3 Å². The number of anilines is 2. The van der Waals surface area contributed by atoms with Crippen LogP contribution in [-0.2, 0) is 21.2 Å². The Labute approximate surface area is 119 Å². The van der Waals surface area contributed by atoms with Gasteiger partial charge in [-0.25, -0.2) is 8.42 Å². The first kappa shape index (κ1) is 13.4. The summed E-state index contributed by atoms with van der Waals surface area (Å²) in [4.78, 5) is 13.6. The van der Waals surface area contributed by atoms with Crippen LogP contribution in [0.2, 0.25) is 0 Å². The molecular formula is C14H18N2O3S. The van der Waals surface area contributed by atoms with Crippen LogP contribution in [0.25, 0.3) is 0 Å². The molecule has 1 aromatic carbocycles. The Morgan fingerprint density at radius 1 is 1.35 bits per heavy atom. The molecule has 0 bridgehead atoms. The first-order valence-electron chi connectivity index (χ1n) is 6.86. The molecule has 20 heavy (non-hydrogen) atoms. The lowest BCUT2D eigenvalue weighted by atomic mass is 10.1. The fourth-order valence-electron chi connectivity index (χ4n) is 2.65. The van der Waals surface area contributed by atoms with Crippen molar-refractivity contribution in [3.05, 3.63) is 23.8 Å². The Hall–Kier alpha value is -1.56. The van der Waals surface area contributed by atoms with E-state index in [1.54, 1.807) is 18.0 Å². The molecule has 6 heteroatoms. The van der Waals surface area contributed by atoms with E-state index in [4.69, 9.17) is 0 Å². The van der Waals surface area contributed by atoms with E-state index in [1.165, 1.54) is 4.31 Å². The molecule has 5 nitrogen and oxygen atoms in total. The third-order valence-corrected chi connectivity index (χ3v) is 6.29. The maximum atomic E-state index is 12.2. The number of nitrogens with zero attached hydrogens (tertiary/aromatic N) is 2. The molecule has 1 saturated carbocycles. The van der Waals surface area contributed by atoms with Crippen LogP contribution in [0, 0.1) is 0 Å². The van der Waals surface area contributed by atoms with Crippen molar-refractivity contribution in [3.63, 3.8) is 0 Å².